The molecule has 3 N–H and O–H groups in total. The highest BCUT2D eigenvalue weighted by molar-refractivity contribution is 5.38. The van der Waals surface area contributed by atoms with Gasteiger partial charge in [-0.1, -0.05) is 6.92 Å². The van der Waals surface area contributed by atoms with Crippen molar-refractivity contribution >= 4 is 5.82 Å². The Bertz CT molecular complexity index is 363. The predicted molar refractivity (Wildman–Crippen MR) is 66.9 cm³/mol. The van der Waals surface area contributed by atoms with Crippen molar-refractivity contribution in [3.8, 4) is 0 Å². The predicted octanol–water partition coefficient (Wildman–Crippen LogP) is 0.959. The van der Waals surface area contributed by atoms with Crippen molar-refractivity contribution in [3.63, 3.8) is 0 Å². The van der Waals surface area contributed by atoms with Gasteiger partial charge in [-0.25, -0.2) is 9.97 Å². The Labute approximate surface area is 102 Å². The van der Waals surface area contributed by atoms with Crippen LogP contribution in [0.2, 0.25) is 0 Å². The van der Waals surface area contributed by atoms with E-state index < -0.39 is 0 Å². The van der Waals surface area contributed by atoms with Gasteiger partial charge in [-0.05, 0) is 19.3 Å². The third kappa shape index (κ3) is 2.92. The smallest absolute Gasteiger partial charge is 0.130 e. The first-order chi connectivity index (χ1) is 8.28. The first kappa shape index (κ1) is 12.3. The first-order valence-corrected chi connectivity index (χ1v) is 6.15. The highest BCUT2D eigenvalue weighted by Gasteiger charge is 2.31. The molecule has 1 aromatic rings. The fourth-order valence-electron chi connectivity index (χ4n) is 2.07. The van der Waals surface area contributed by atoms with Crippen LogP contribution in [-0.2, 0) is 11.2 Å². The number of nitrogens with one attached hydrogen (secondary N) is 1. The van der Waals surface area contributed by atoms with E-state index >= 15 is 0 Å². The van der Waals surface area contributed by atoms with Gasteiger partial charge in [-0.3, -0.25) is 0 Å². The highest BCUT2D eigenvalue weighted by atomic mass is 16.5. The first-order valence-electron chi connectivity index (χ1n) is 6.15. The summed E-state index contributed by atoms with van der Waals surface area (Å²) in [6, 6.07) is 1.99. The van der Waals surface area contributed by atoms with E-state index in [2.05, 4.69) is 22.2 Å². The lowest BCUT2D eigenvalue weighted by molar-refractivity contribution is 0.0627. The third-order valence-electron chi connectivity index (χ3n) is 3.32. The molecule has 5 nitrogen and oxygen atoms in total. The minimum atomic E-state index is -0.0718. The second kappa shape index (κ2) is 5.42. The molecular weight excluding hydrogens is 216 g/mol. The van der Waals surface area contributed by atoms with E-state index in [1.54, 1.807) is 6.33 Å². The molecule has 1 aromatic heterocycles. The van der Waals surface area contributed by atoms with E-state index in [9.17, 15) is 0 Å². The molecular formula is C12H20N4O. The van der Waals surface area contributed by atoms with Crippen molar-refractivity contribution in [1.29, 1.82) is 0 Å². The zero-order valence-corrected chi connectivity index (χ0v) is 10.3. The summed E-state index contributed by atoms with van der Waals surface area (Å²) in [5, 5.41) is 3.46. The lowest BCUT2D eigenvalue weighted by Gasteiger charge is -2.37. The van der Waals surface area contributed by atoms with Crippen LogP contribution in [0.4, 0.5) is 5.82 Å². The van der Waals surface area contributed by atoms with E-state index in [1.807, 2.05) is 6.07 Å². The maximum absolute atomic E-state index is 5.90. The van der Waals surface area contributed by atoms with Crippen molar-refractivity contribution in [2.75, 3.05) is 25.1 Å². The molecule has 1 aliphatic rings. The molecule has 5 heteroatoms. The monoisotopic (exact) mass is 236 g/mol. The summed E-state index contributed by atoms with van der Waals surface area (Å²) in [7, 11) is 0. The number of nitrogens with zero attached hydrogens (tertiary/aromatic N) is 2. The number of hydrogen-bond donors (Lipinski definition) is 2. The molecule has 0 saturated carbocycles. The fraction of sp³-hybridized carbons (Fsp3) is 0.667. The van der Waals surface area contributed by atoms with Crippen molar-refractivity contribution in [2.45, 2.75) is 31.7 Å². The van der Waals surface area contributed by atoms with Crippen LogP contribution in [0.3, 0.4) is 0 Å². The lowest BCUT2D eigenvalue weighted by Crippen LogP contribution is -2.49. The number of aromatic nitrogens is 2. The van der Waals surface area contributed by atoms with Crippen LogP contribution in [0.15, 0.2) is 12.4 Å². The van der Waals surface area contributed by atoms with Crippen LogP contribution in [0, 0.1) is 0 Å². The van der Waals surface area contributed by atoms with Crippen LogP contribution in [0.5, 0.6) is 0 Å². The van der Waals surface area contributed by atoms with E-state index in [1.165, 1.54) is 0 Å². The van der Waals surface area contributed by atoms with Crippen molar-refractivity contribution in [3.05, 3.63) is 18.1 Å². The summed E-state index contributed by atoms with van der Waals surface area (Å²) in [4.78, 5) is 8.45. The molecule has 0 atom stereocenters. The zero-order chi connectivity index (χ0) is 12.1. The molecule has 94 valence electrons. The molecule has 0 radical (unpaired) electrons. The molecule has 2 heterocycles. The van der Waals surface area contributed by atoms with Gasteiger partial charge in [0.2, 0.25) is 0 Å². The number of ether oxygens (including phenoxy) is 1. The van der Waals surface area contributed by atoms with E-state index in [0.717, 1.165) is 44.0 Å². The van der Waals surface area contributed by atoms with Gasteiger partial charge in [-0.2, -0.15) is 0 Å². The minimum absolute atomic E-state index is 0.0718. The second-order valence-electron chi connectivity index (χ2n) is 4.47. The third-order valence-corrected chi connectivity index (χ3v) is 3.32. The normalized spacial score (nSPS) is 18.9. The molecule has 1 saturated heterocycles. The van der Waals surface area contributed by atoms with Crippen LogP contribution >= 0.6 is 0 Å². The summed E-state index contributed by atoms with van der Waals surface area (Å²) < 4.78 is 5.38. The molecule has 0 aromatic carbocycles. The zero-order valence-electron chi connectivity index (χ0n) is 10.3. The van der Waals surface area contributed by atoms with Gasteiger partial charge in [-0.15, -0.1) is 0 Å². The Morgan fingerprint density at radius 1 is 1.41 bits per heavy atom. The van der Waals surface area contributed by atoms with Gasteiger partial charge in [0.1, 0.15) is 12.1 Å². The SMILES string of the molecule is CCc1cc(NC2(CN)CCOCC2)ncn1. The number of hydrogen-bond acceptors (Lipinski definition) is 5. The van der Waals surface area contributed by atoms with Gasteiger partial charge in [0.15, 0.2) is 0 Å². The molecule has 1 fully saturated rings. The van der Waals surface area contributed by atoms with Crippen LogP contribution < -0.4 is 11.1 Å². The van der Waals surface area contributed by atoms with Gasteiger partial charge in [0, 0.05) is 31.5 Å². The summed E-state index contributed by atoms with van der Waals surface area (Å²) in [6.07, 6.45) is 4.37. The molecule has 0 unspecified atom stereocenters. The average Bonchev–Trinajstić information content (AvgIpc) is 2.40. The molecule has 0 amide bonds. The molecule has 0 spiro atoms. The number of anilines is 1. The van der Waals surface area contributed by atoms with E-state index in [4.69, 9.17) is 10.5 Å². The van der Waals surface area contributed by atoms with Gasteiger partial charge >= 0.3 is 0 Å². The summed E-state index contributed by atoms with van der Waals surface area (Å²) in [5.74, 6) is 0.865. The Morgan fingerprint density at radius 2 is 2.18 bits per heavy atom. The molecule has 0 aliphatic carbocycles. The highest BCUT2D eigenvalue weighted by Crippen LogP contribution is 2.24. The topological polar surface area (TPSA) is 73.1 Å². The van der Waals surface area contributed by atoms with Crippen LogP contribution in [0.25, 0.3) is 0 Å². The number of nitrogens with two attached hydrogens (primary N) is 1. The Hall–Kier alpha value is -1.20. The summed E-state index contributed by atoms with van der Waals surface area (Å²) >= 11 is 0. The van der Waals surface area contributed by atoms with Crippen LogP contribution in [-0.4, -0.2) is 35.3 Å². The van der Waals surface area contributed by atoms with Crippen molar-refractivity contribution < 1.29 is 4.74 Å². The Balaban J connectivity index is 2.11. The standard InChI is InChI=1S/C12H20N4O/c1-2-10-7-11(15-9-14-10)16-12(8-13)3-5-17-6-4-12/h7,9H,2-6,8,13H2,1H3,(H,14,15,16). The maximum atomic E-state index is 5.90. The summed E-state index contributed by atoms with van der Waals surface area (Å²) in [6.45, 7) is 4.20. The van der Waals surface area contributed by atoms with E-state index in [0.29, 0.717) is 6.54 Å². The maximum Gasteiger partial charge on any atom is 0.130 e. The second-order valence-corrected chi connectivity index (χ2v) is 4.47. The molecule has 2 rings (SSSR count). The van der Waals surface area contributed by atoms with E-state index in [-0.39, 0.29) is 5.54 Å². The molecule has 1 aliphatic heterocycles. The van der Waals surface area contributed by atoms with Crippen molar-refractivity contribution in [1.82, 2.24) is 9.97 Å². The quantitative estimate of drug-likeness (QED) is 0.814. The van der Waals surface area contributed by atoms with Crippen LogP contribution in [0.1, 0.15) is 25.5 Å². The Kier molecular flexibility index (Phi) is 3.91. The average molecular weight is 236 g/mol. The van der Waals surface area contributed by atoms with Crippen molar-refractivity contribution in [2.24, 2.45) is 5.73 Å². The molecule has 17 heavy (non-hydrogen) atoms. The van der Waals surface area contributed by atoms with Gasteiger partial charge in [0.05, 0.1) is 5.54 Å². The fourth-order valence-corrected chi connectivity index (χ4v) is 2.07. The summed E-state index contributed by atoms with van der Waals surface area (Å²) in [5.41, 5.74) is 6.87. The minimum Gasteiger partial charge on any atom is -0.381 e. The number of rotatable bonds is 4. The van der Waals surface area contributed by atoms with Gasteiger partial charge < -0.3 is 15.8 Å². The molecule has 0 bridgehead atoms. The largest absolute Gasteiger partial charge is 0.381 e. The van der Waals surface area contributed by atoms with Gasteiger partial charge in [0.25, 0.3) is 0 Å². The number of aryl methyl sites for hydroxylation is 1. The lowest BCUT2D eigenvalue weighted by atomic mass is 9.90. The Morgan fingerprint density at radius 3 is 2.82 bits per heavy atom.